The van der Waals surface area contributed by atoms with Crippen molar-refractivity contribution in [3.63, 3.8) is 0 Å². The van der Waals surface area contributed by atoms with Gasteiger partial charge in [0.1, 0.15) is 0 Å². The molecule has 0 aromatic heterocycles. The van der Waals surface area contributed by atoms with Crippen LogP contribution < -0.4 is 0 Å². The Balaban J connectivity index is 2.18. The number of hydrogen-bond donors (Lipinski definition) is 1. The number of ketones is 1. The second-order valence-corrected chi connectivity index (χ2v) is 7.93. The predicted octanol–water partition coefficient (Wildman–Crippen LogP) is 5.54. The van der Waals surface area contributed by atoms with Gasteiger partial charge in [0.15, 0.2) is 5.78 Å². The van der Waals surface area contributed by atoms with Crippen LogP contribution in [0.1, 0.15) is 90.9 Å². The fourth-order valence-electron chi connectivity index (χ4n) is 3.53. The molecule has 1 aliphatic carbocycles. The Morgan fingerprint density at radius 2 is 1.89 bits per heavy atom. The van der Waals surface area contributed by atoms with Crippen molar-refractivity contribution in [2.24, 2.45) is 11.8 Å². The minimum absolute atomic E-state index is 0.0445. The van der Waals surface area contributed by atoms with Crippen LogP contribution in [0.2, 0.25) is 0 Å². The maximum atomic E-state index is 12.1. The fraction of sp³-hybridized carbons (Fsp3) is 0.750. The lowest BCUT2D eigenvalue weighted by atomic mass is 9.88. The van der Waals surface area contributed by atoms with Gasteiger partial charge >= 0.3 is 5.97 Å². The molecule has 0 aromatic rings. The summed E-state index contributed by atoms with van der Waals surface area (Å²) in [7, 11) is 0. The van der Waals surface area contributed by atoms with E-state index in [-0.39, 0.29) is 29.7 Å². The second-order valence-electron chi connectivity index (χ2n) is 7.93. The van der Waals surface area contributed by atoms with Crippen molar-refractivity contribution < 1.29 is 19.4 Å². The monoisotopic (exact) mass is 392 g/mol. The predicted molar refractivity (Wildman–Crippen MR) is 114 cm³/mol. The van der Waals surface area contributed by atoms with Crippen molar-refractivity contribution in [1.82, 2.24) is 0 Å². The number of ether oxygens (including phenoxy) is 1. The highest BCUT2D eigenvalue weighted by Crippen LogP contribution is 2.29. The van der Waals surface area contributed by atoms with Crippen molar-refractivity contribution in [3.05, 3.63) is 24.3 Å². The number of carbonyl (C=O) groups is 2. The maximum absolute atomic E-state index is 12.1. The summed E-state index contributed by atoms with van der Waals surface area (Å²) >= 11 is 0. The van der Waals surface area contributed by atoms with Crippen molar-refractivity contribution in [3.8, 4) is 0 Å². The molecular weight excluding hydrogens is 352 g/mol. The number of hydrogen-bond acceptors (Lipinski definition) is 4. The summed E-state index contributed by atoms with van der Waals surface area (Å²) < 4.78 is 5.16. The van der Waals surface area contributed by atoms with Gasteiger partial charge in [-0.05, 0) is 38.2 Å². The highest BCUT2D eigenvalue weighted by Gasteiger charge is 2.27. The van der Waals surface area contributed by atoms with Gasteiger partial charge in [-0.3, -0.25) is 9.59 Å². The highest BCUT2D eigenvalue weighted by atomic mass is 16.5. The molecule has 0 radical (unpaired) electrons. The first kappa shape index (κ1) is 24.6. The zero-order valence-corrected chi connectivity index (χ0v) is 17.9. The van der Waals surface area contributed by atoms with Crippen LogP contribution in [0, 0.1) is 11.8 Å². The summed E-state index contributed by atoms with van der Waals surface area (Å²) in [4.78, 5) is 23.7. The van der Waals surface area contributed by atoms with Crippen LogP contribution in [0.15, 0.2) is 24.3 Å². The van der Waals surface area contributed by atoms with Crippen molar-refractivity contribution in [2.45, 2.75) is 97.0 Å². The minimum Gasteiger partial charge on any atom is -0.466 e. The Bertz CT molecular complexity index is 495. The molecule has 1 N–H and O–H groups in total. The van der Waals surface area contributed by atoms with Crippen LogP contribution in [0.25, 0.3) is 0 Å². The van der Waals surface area contributed by atoms with Crippen LogP contribution in [-0.4, -0.2) is 29.6 Å². The van der Waals surface area contributed by atoms with E-state index in [2.05, 4.69) is 19.9 Å². The van der Waals surface area contributed by atoms with Crippen molar-refractivity contribution >= 4 is 11.8 Å². The Labute approximate surface area is 171 Å². The van der Waals surface area contributed by atoms with E-state index in [1.54, 1.807) is 6.08 Å². The number of rotatable bonds is 16. The van der Waals surface area contributed by atoms with Gasteiger partial charge in [-0.25, -0.2) is 0 Å². The van der Waals surface area contributed by atoms with Crippen LogP contribution >= 0.6 is 0 Å². The molecule has 1 aliphatic rings. The molecular formula is C24H40O4. The quantitative estimate of drug-likeness (QED) is 0.213. The fourth-order valence-corrected chi connectivity index (χ4v) is 3.53. The smallest absolute Gasteiger partial charge is 0.305 e. The molecule has 3 atom stereocenters. The second kappa shape index (κ2) is 15.5. The van der Waals surface area contributed by atoms with E-state index in [0.29, 0.717) is 19.4 Å². The number of unbranched alkanes of at least 4 members (excludes halogenated alkanes) is 5. The molecule has 0 saturated heterocycles. The number of carbonyl (C=O) groups excluding carboxylic acids is 2. The molecule has 160 valence electrons. The zero-order valence-electron chi connectivity index (χ0n) is 17.9. The molecule has 0 fully saturated rings. The third kappa shape index (κ3) is 10.8. The molecule has 0 bridgehead atoms. The molecule has 28 heavy (non-hydrogen) atoms. The minimum atomic E-state index is -0.274. The number of esters is 1. The Hall–Kier alpha value is -1.42. The molecule has 1 rings (SSSR count). The Morgan fingerprint density at radius 1 is 1.14 bits per heavy atom. The van der Waals surface area contributed by atoms with Crippen molar-refractivity contribution in [2.75, 3.05) is 6.61 Å². The maximum Gasteiger partial charge on any atom is 0.305 e. The van der Waals surface area contributed by atoms with Gasteiger partial charge in [-0.1, -0.05) is 70.6 Å². The first-order valence-electron chi connectivity index (χ1n) is 11.3. The highest BCUT2D eigenvalue weighted by molar-refractivity contribution is 5.94. The van der Waals surface area contributed by atoms with E-state index in [4.69, 9.17) is 4.74 Å². The zero-order chi connectivity index (χ0) is 20.6. The normalized spacial score (nSPS) is 20.2. The molecule has 0 aliphatic heterocycles. The Morgan fingerprint density at radius 3 is 2.64 bits per heavy atom. The number of allylic oxidation sites excluding steroid dienone is 3. The summed E-state index contributed by atoms with van der Waals surface area (Å²) in [5, 5.41) is 9.93. The topological polar surface area (TPSA) is 63.6 Å². The van der Waals surface area contributed by atoms with E-state index in [0.717, 1.165) is 64.2 Å². The first-order chi connectivity index (χ1) is 13.6. The van der Waals surface area contributed by atoms with Gasteiger partial charge in [-0.15, -0.1) is 0 Å². The van der Waals surface area contributed by atoms with Crippen molar-refractivity contribution in [1.29, 1.82) is 0 Å². The SMILES string of the molecule is CCCCOC(=O)CCCCCC[C@H]1C(=O)C=C[C@@H]1/C=C/CC(O)CCCC. The summed E-state index contributed by atoms with van der Waals surface area (Å²) in [6, 6.07) is 0. The van der Waals surface area contributed by atoms with Crippen LogP contribution in [0.4, 0.5) is 0 Å². The van der Waals surface area contributed by atoms with Gasteiger partial charge in [-0.2, -0.15) is 0 Å². The average Bonchev–Trinajstić information content (AvgIpc) is 3.03. The summed E-state index contributed by atoms with van der Waals surface area (Å²) in [6.45, 7) is 4.74. The van der Waals surface area contributed by atoms with Crippen LogP contribution in [-0.2, 0) is 14.3 Å². The third-order valence-electron chi connectivity index (χ3n) is 5.38. The van der Waals surface area contributed by atoms with Gasteiger partial charge < -0.3 is 9.84 Å². The lowest BCUT2D eigenvalue weighted by Gasteiger charge is -2.15. The van der Waals surface area contributed by atoms with Gasteiger partial charge in [0.25, 0.3) is 0 Å². The number of aliphatic hydroxyl groups is 1. The third-order valence-corrected chi connectivity index (χ3v) is 5.38. The summed E-state index contributed by atoms with van der Waals surface area (Å²) in [5.74, 6) is 0.345. The molecule has 1 unspecified atom stereocenters. The summed E-state index contributed by atoms with van der Waals surface area (Å²) in [5.41, 5.74) is 0. The first-order valence-corrected chi connectivity index (χ1v) is 11.3. The molecule has 0 amide bonds. The van der Waals surface area contributed by atoms with E-state index in [9.17, 15) is 14.7 Å². The van der Waals surface area contributed by atoms with Gasteiger partial charge in [0.2, 0.25) is 0 Å². The van der Waals surface area contributed by atoms with Crippen LogP contribution in [0.3, 0.4) is 0 Å². The Kier molecular flexibility index (Phi) is 13.6. The molecule has 0 heterocycles. The van der Waals surface area contributed by atoms with E-state index >= 15 is 0 Å². The summed E-state index contributed by atoms with van der Waals surface area (Å²) in [6.07, 6.45) is 18.5. The van der Waals surface area contributed by atoms with Crippen LogP contribution in [0.5, 0.6) is 0 Å². The molecule has 4 nitrogen and oxygen atoms in total. The molecule has 0 saturated carbocycles. The van der Waals surface area contributed by atoms with E-state index in [1.807, 2.05) is 12.2 Å². The lowest BCUT2D eigenvalue weighted by Crippen LogP contribution is -2.14. The molecule has 0 aromatic carbocycles. The van der Waals surface area contributed by atoms with E-state index in [1.165, 1.54) is 0 Å². The molecule has 0 spiro atoms. The van der Waals surface area contributed by atoms with Gasteiger partial charge in [0, 0.05) is 18.3 Å². The standard InChI is InChI=1S/C24H40O4/c1-3-5-13-21(25)14-11-12-20-17-18-23(26)22(20)15-9-7-8-10-16-24(27)28-19-6-4-2/h11-12,17-18,20-22,25H,3-10,13-16,19H2,1-2H3/b12-11+/t20-,21?,22+/m0/s1. The van der Waals surface area contributed by atoms with Gasteiger partial charge in [0.05, 0.1) is 12.7 Å². The average molecular weight is 393 g/mol. The number of aliphatic hydroxyl groups excluding tert-OH is 1. The lowest BCUT2D eigenvalue weighted by molar-refractivity contribution is -0.143. The largest absolute Gasteiger partial charge is 0.466 e. The van der Waals surface area contributed by atoms with E-state index < -0.39 is 0 Å². The molecule has 4 heteroatoms.